The highest BCUT2D eigenvalue weighted by molar-refractivity contribution is 6.30. The molecule has 7 nitrogen and oxygen atoms in total. The number of ether oxygens (including phenoxy) is 1. The zero-order valence-corrected chi connectivity index (χ0v) is 18.3. The van der Waals surface area contributed by atoms with E-state index in [0.29, 0.717) is 30.7 Å². The molecule has 0 amide bonds. The molecule has 168 valence electrons. The van der Waals surface area contributed by atoms with Crippen molar-refractivity contribution >= 4 is 28.3 Å². The maximum absolute atomic E-state index is 14.8. The van der Waals surface area contributed by atoms with Crippen LogP contribution >= 0.6 is 11.6 Å². The lowest BCUT2D eigenvalue weighted by Crippen LogP contribution is -2.52. The van der Waals surface area contributed by atoms with Crippen LogP contribution in [-0.4, -0.2) is 69.9 Å². The van der Waals surface area contributed by atoms with Gasteiger partial charge >= 0.3 is 6.01 Å². The third-order valence-electron chi connectivity index (χ3n) is 6.86. The third-order valence-corrected chi connectivity index (χ3v) is 7.12. The van der Waals surface area contributed by atoms with E-state index in [-0.39, 0.29) is 34.4 Å². The SMILES string of the molecule is C[C@@]1(N)CCCN(c2nc(OC[C@@]34CCCN3C[C@H](F)C4)nc3c(F)c(Cl)ncc23)C1. The summed E-state index contributed by atoms with van der Waals surface area (Å²) >= 11 is 5.92. The minimum Gasteiger partial charge on any atom is -0.461 e. The molecule has 31 heavy (non-hydrogen) atoms. The van der Waals surface area contributed by atoms with E-state index in [4.69, 9.17) is 22.1 Å². The lowest BCUT2D eigenvalue weighted by atomic mass is 9.92. The molecule has 0 unspecified atom stereocenters. The van der Waals surface area contributed by atoms with E-state index < -0.39 is 12.0 Å². The van der Waals surface area contributed by atoms with Crippen LogP contribution in [0.4, 0.5) is 14.6 Å². The first kappa shape index (κ1) is 21.0. The van der Waals surface area contributed by atoms with Crippen molar-refractivity contribution in [3.05, 3.63) is 17.2 Å². The second-order valence-electron chi connectivity index (χ2n) is 9.50. The van der Waals surface area contributed by atoms with Gasteiger partial charge in [-0.05, 0) is 39.2 Å². The van der Waals surface area contributed by atoms with Crippen molar-refractivity contribution in [3.63, 3.8) is 0 Å². The number of nitrogens with two attached hydrogens (primary N) is 1. The number of alkyl halides is 1. The van der Waals surface area contributed by atoms with Crippen molar-refractivity contribution in [1.82, 2.24) is 19.9 Å². The van der Waals surface area contributed by atoms with E-state index in [9.17, 15) is 8.78 Å². The van der Waals surface area contributed by atoms with E-state index in [1.807, 2.05) is 11.8 Å². The Morgan fingerprint density at radius 3 is 2.90 bits per heavy atom. The predicted octanol–water partition coefficient (Wildman–Crippen LogP) is 3.09. The average molecular weight is 453 g/mol. The molecule has 0 aromatic carbocycles. The molecule has 3 aliphatic heterocycles. The van der Waals surface area contributed by atoms with E-state index in [1.165, 1.54) is 6.20 Å². The number of pyridine rings is 1. The molecule has 2 aromatic heterocycles. The molecule has 0 aliphatic carbocycles. The number of hydrogen-bond acceptors (Lipinski definition) is 7. The van der Waals surface area contributed by atoms with Crippen LogP contribution < -0.4 is 15.4 Å². The molecule has 10 heteroatoms. The standard InChI is InChI=1S/C21H27ClF2N6O/c1-20(25)4-2-6-29(11-20)18-14-9-26-17(22)15(24)16(14)27-19(28-18)31-12-21-5-3-7-30(21)10-13(23)8-21/h9,13H,2-8,10-12,25H2,1H3/t13-,20-,21+/m1/s1. The Hall–Kier alpha value is -1.84. The molecule has 0 radical (unpaired) electrons. The Labute approximate surface area is 184 Å². The van der Waals surface area contributed by atoms with Gasteiger partial charge in [0.15, 0.2) is 11.0 Å². The van der Waals surface area contributed by atoms with Crippen LogP contribution in [0.1, 0.15) is 39.0 Å². The van der Waals surface area contributed by atoms with Gasteiger partial charge in [-0.1, -0.05) is 11.6 Å². The Morgan fingerprint density at radius 2 is 2.10 bits per heavy atom. The number of piperidine rings is 1. The molecule has 3 fully saturated rings. The van der Waals surface area contributed by atoms with Crippen LogP contribution in [0.2, 0.25) is 5.15 Å². The highest BCUT2D eigenvalue weighted by Crippen LogP contribution is 2.40. The molecule has 3 saturated heterocycles. The molecule has 2 aromatic rings. The van der Waals surface area contributed by atoms with Crippen molar-refractivity contribution in [2.24, 2.45) is 5.73 Å². The topological polar surface area (TPSA) is 80.4 Å². The Bertz CT molecular complexity index is 1010. The zero-order chi connectivity index (χ0) is 21.8. The fourth-order valence-electron chi connectivity index (χ4n) is 5.40. The van der Waals surface area contributed by atoms with Crippen molar-refractivity contribution in [1.29, 1.82) is 0 Å². The summed E-state index contributed by atoms with van der Waals surface area (Å²) in [6, 6.07) is 0.0662. The molecule has 3 aliphatic rings. The lowest BCUT2D eigenvalue weighted by molar-refractivity contribution is 0.107. The predicted molar refractivity (Wildman–Crippen MR) is 115 cm³/mol. The monoisotopic (exact) mass is 452 g/mol. The first-order valence-electron chi connectivity index (χ1n) is 10.8. The first-order chi connectivity index (χ1) is 14.8. The summed E-state index contributed by atoms with van der Waals surface area (Å²) in [4.78, 5) is 17.1. The van der Waals surface area contributed by atoms with Gasteiger partial charge in [0.1, 0.15) is 24.1 Å². The highest BCUT2D eigenvalue weighted by Gasteiger charge is 2.49. The Morgan fingerprint density at radius 1 is 1.29 bits per heavy atom. The van der Waals surface area contributed by atoms with Gasteiger partial charge in [0.25, 0.3) is 0 Å². The number of aromatic nitrogens is 3. The first-order valence-corrected chi connectivity index (χ1v) is 11.2. The largest absolute Gasteiger partial charge is 0.461 e. The smallest absolute Gasteiger partial charge is 0.319 e. The van der Waals surface area contributed by atoms with Crippen LogP contribution in [0.25, 0.3) is 10.9 Å². The fraction of sp³-hybridized carbons (Fsp3) is 0.667. The second-order valence-corrected chi connectivity index (χ2v) is 9.86. The van der Waals surface area contributed by atoms with E-state index >= 15 is 0 Å². The van der Waals surface area contributed by atoms with Gasteiger partial charge in [-0.3, -0.25) is 4.90 Å². The number of anilines is 1. The average Bonchev–Trinajstić information content (AvgIpc) is 3.24. The minimum absolute atomic E-state index is 0.0662. The normalized spacial score (nSPS) is 31.4. The lowest BCUT2D eigenvalue weighted by Gasteiger charge is -2.39. The molecule has 3 atom stereocenters. The van der Waals surface area contributed by atoms with Crippen LogP contribution in [0.5, 0.6) is 6.01 Å². The van der Waals surface area contributed by atoms with Crippen molar-refractivity contribution < 1.29 is 13.5 Å². The van der Waals surface area contributed by atoms with E-state index in [2.05, 4.69) is 19.9 Å². The molecular formula is C21H27ClF2N6O. The number of rotatable bonds is 4. The van der Waals surface area contributed by atoms with Crippen LogP contribution in [0.15, 0.2) is 6.20 Å². The van der Waals surface area contributed by atoms with Gasteiger partial charge in [-0.15, -0.1) is 0 Å². The summed E-state index contributed by atoms with van der Waals surface area (Å²) in [6.07, 6.45) is 4.76. The molecule has 0 spiro atoms. The summed E-state index contributed by atoms with van der Waals surface area (Å²) in [5, 5.41) is 0.222. The molecule has 5 heterocycles. The summed E-state index contributed by atoms with van der Waals surface area (Å²) in [6.45, 7) is 4.89. The molecular weight excluding hydrogens is 426 g/mol. The summed E-state index contributed by atoms with van der Waals surface area (Å²) < 4.78 is 34.9. The third kappa shape index (κ3) is 3.81. The van der Waals surface area contributed by atoms with Gasteiger partial charge < -0.3 is 15.4 Å². The molecule has 2 N–H and O–H groups in total. The molecule has 5 rings (SSSR count). The maximum Gasteiger partial charge on any atom is 0.319 e. The van der Waals surface area contributed by atoms with Gasteiger partial charge in [-0.25, -0.2) is 13.8 Å². The van der Waals surface area contributed by atoms with Crippen LogP contribution in [0.3, 0.4) is 0 Å². The van der Waals surface area contributed by atoms with E-state index in [1.54, 1.807) is 0 Å². The number of hydrogen-bond donors (Lipinski definition) is 1. The highest BCUT2D eigenvalue weighted by atomic mass is 35.5. The van der Waals surface area contributed by atoms with Crippen LogP contribution in [-0.2, 0) is 0 Å². The van der Waals surface area contributed by atoms with Gasteiger partial charge in [0.05, 0.1) is 10.9 Å². The Kier molecular flexibility index (Phi) is 5.18. The fourth-order valence-corrected chi connectivity index (χ4v) is 5.54. The van der Waals surface area contributed by atoms with Crippen LogP contribution in [0, 0.1) is 5.82 Å². The van der Waals surface area contributed by atoms with Gasteiger partial charge in [0, 0.05) is 37.8 Å². The minimum atomic E-state index is -0.852. The molecule has 0 bridgehead atoms. The summed E-state index contributed by atoms with van der Waals surface area (Å²) in [5.74, 6) is -0.166. The number of halogens is 3. The Balaban J connectivity index is 1.50. The molecule has 0 saturated carbocycles. The number of fused-ring (bicyclic) bond motifs is 2. The van der Waals surface area contributed by atoms with Gasteiger partial charge in [0.2, 0.25) is 0 Å². The van der Waals surface area contributed by atoms with Crippen molar-refractivity contribution in [3.8, 4) is 6.01 Å². The number of nitrogens with zero attached hydrogens (tertiary/aromatic N) is 5. The van der Waals surface area contributed by atoms with Gasteiger partial charge in [-0.2, -0.15) is 9.97 Å². The quantitative estimate of drug-likeness (QED) is 0.714. The second kappa shape index (κ2) is 7.64. The van der Waals surface area contributed by atoms with Crippen molar-refractivity contribution in [2.45, 2.75) is 56.3 Å². The summed E-state index contributed by atoms with van der Waals surface area (Å²) in [7, 11) is 0. The summed E-state index contributed by atoms with van der Waals surface area (Å²) in [5.41, 5.74) is 5.74. The van der Waals surface area contributed by atoms with Crippen molar-refractivity contribution in [2.75, 3.05) is 37.7 Å². The van der Waals surface area contributed by atoms with E-state index in [0.717, 1.165) is 38.8 Å². The zero-order valence-electron chi connectivity index (χ0n) is 17.6. The maximum atomic E-state index is 14.8.